The smallest absolute Gasteiger partial charge is 0.233 e. The Morgan fingerprint density at radius 2 is 2.13 bits per heavy atom. The number of unbranched alkanes of at least 4 members (excludes halogenated alkanes) is 4. The molecule has 1 N–H and O–H groups in total. The molecule has 0 bridgehead atoms. The van der Waals surface area contributed by atoms with Gasteiger partial charge in [-0.05, 0) is 12.8 Å². The van der Waals surface area contributed by atoms with Crippen LogP contribution in [0.1, 0.15) is 45.4 Å². The Balaban J connectivity index is 2.15. The highest BCUT2D eigenvalue weighted by Crippen LogP contribution is 2.13. The van der Waals surface area contributed by atoms with E-state index < -0.39 is 0 Å². The van der Waals surface area contributed by atoms with E-state index in [0.717, 1.165) is 6.42 Å². The predicted molar refractivity (Wildman–Crippen MR) is 59.2 cm³/mol. The van der Waals surface area contributed by atoms with Crippen molar-refractivity contribution in [2.24, 2.45) is 5.92 Å². The number of amides is 2. The fourth-order valence-corrected chi connectivity index (χ4v) is 1.68. The van der Waals surface area contributed by atoms with E-state index in [1.807, 2.05) is 12.2 Å². The van der Waals surface area contributed by atoms with Crippen molar-refractivity contribution in [3.05, 3.63) is 12.2 Å². The number of allylic oxidation sites excluding steroid dienone is 1. The van der Waals surface area contributed by atoms with E-state index >= 15 is 0 Å². The molecule has 1 fully saturated rings. The molecule has 0 aromatic carbocycles. The molecule has 3 nitrogen and oxygen atoms in total. The predicted octanol–water partition coefficient (Wildman–Crippen LogP) is 2.18. The zero-order valence-corrected chi connectivity index (χ0v) is 9.29. The van der Waals surface area contributed by atoms with Crippen molar-refractivity contribution in [3.8, 4) is 0 Å². The van der Waals surface area contributed by atoms with Gasteiger partial charge in [0.25, 0.3) is 0 Å². The monoisotopic (exact) mass is 209 g/mol. The molecule has 0 aromatic rings. The van der Waals surface area contributed by atoms with Gasteiger partial charge in [0.15, 0.2) is 0 Å². The lowest BCUT2D eigenvalue weighted by molar-refractivity contribution is -0.125. The van der Waals surface area contributed by atoms with Gasteiger partial charge in [-0.15, -0.1) is 0 Å². The highest BCUT2D eigenvalue weighted by molar-refractivity contribution is 6.04. The van der Waals surface area contributed by atoms with Crippen LogP contribution in [0.4, 0.5) is 0 Å². The summed E-state index contributed by atoms with van der Waals surface area (Å²) in [5.74, 6) is -0.519. The highest BCUT2D eigenvalue weighted by Gasteiger charge is 2.27. The van der Waals surface area contributed by atoms with Crippen molar-refractivity contribution in [1.82, 2.24) is 5.32 Å². The molecular weight excluding hydrogens is 190 g/mol. The molecule has 1 atom stereocenters. The van der Waals surface area contributed by atoms with Crippen LogP contribution in [-0.2, 0) is 9.59 Å². The van der Waals surface area contributed by atoms with Crippen LogP contribution in [0.25, 0.3) is 0 Å². The lowest BCUT2D eigenvalue weighted by Crippen LogP contribution is -2.21. The molecule has 2 amide bonds. The maximum atomic E-state index is 11.2. The molecule has 0 saturated carbocycles. The number of rotatable bonds is 6. The zero-order valence-electron chi connectivity index (χ0n) is 9.29. The van der Waals surface area contributed by atoms with Gasteiger partial charge in [-0.25, -0.2) is 0 Å². The summed E-state index contributed by atoms with van der Waals surface area (Å²) in [4.78, 5) is 22.0. The minimum atomic E-state index is -0.219. The molecule has 1 aliphatic rings. The molecular formula is C12H19NO2. The van der Waals surface area contributed by atoms with Crippen LogP contribution in [0.15, 0.2) is 12.2 Å². The molecule has 0 radical (unpaired) electrons. The van der Waals surface area contributed by atoms with Crippen molar-refractivity contribution in [1.29, 1.82) is 0 Å². The SMILES string of the molecule is CCCCCC/C=C/C1CC(=O)NC1=O. The van der Waals surface area contributed by atoms with E-state index in [9.17, 15) is 9.59 Å². The Bertz CT molecular complexity index is 258. The first kappa shape index (κ1) is 12.0. The number of imide groups is 1. The average Bonchev–Trinajstić information content (AvgIpc) is 2.51. The Labute approximate surface area is 90.9 Å². The van der Waals surface area contributed by atoms with Gasteiger partial charge >= 0.3 is 0 Å². The van der Waals surface area contributed by atoms with E-state index in [0.29, 0.717) is 6.42 Å². The number of nitrogens with one attached hydrogen (secondary N) is 1. The fourth-order valence-electron chi connectivity index (χ4n) is 1.68. The molecule has 84 valence electrons. The second-order valence-electron chi connectivity index (χ2n) is 4.00. The second kappa shape index (κ2) is 6.38. The van der Waals surface area contributed by atoms with Gasteiger partial charge in [0, 0.05) is 6.42 Å². The maximum Gasteiger partial charge on any atom is 0.233 e. The van der Waals surface area contributed by atoms with Crippen LogP contribution in [-0.4, -0.2) is 11.8 Å². The zero-order chi connectivity index (χ0) is 11.1. The van der Waals surface area contributed by atoms with Crippen molar-refractivity contribution in [3.63, 3.8) is 0 Å². The molecule has 0 aliphatic carbocycles. The molecule has 3 heteroatoms. The molecule has 1 saturated heterocycles. The van der Waals surface area contributed by atoms with E-state index in [1.165, 1.54) is 25.7 Å². The van der Waals surface area contributed by atoms with Gasteiger partial charge in [0.05, 0.1) is 5.92 Å². The average molecular weight is 209 g/mol. The Hall–Kier alpha value is -1.12. The number of carbonyl (C=O) groups is 2. The summed E-state index contributed by atoms with van der Waals surface area (Å²) >= 11 is 0. The third kappa shape index (κ3) is 4.28. The summed E-state index contributed by atoms with van der Waals surface area (Å²) in [6, 6.07) is 0. The summed E-state index contributed by atoms with van der Waals surface area (Å²) in [5, 5.41) is 2.30. The van der Waals surface area contributed by atoms with E-state index in [1.54, 1.807) is 0 Å². The van der Waals surface area contributed by atoms with Crippen LogP contribution in [0.3, 0.4) is 0 Å². The highest BCUT2D eigenvalue weighted by atomic mass is 16.2. The number of hydrogen-bond acceptors (Lipinski definition) is 2. The largest absolute Gasteiger partial charge is 0.296 e. The van der Waals surface area contributed by atoms with Crippen LogP contribution in [0, 0.1) is 5.92 Å². The molecule has 15 heavy (non-hydrogen) atoms. The molecule has 0 aromatic heterocycles. The fraction of sp³-hybridized carbons (Fsp3) is 0.667. The Morgan fingerprint density at radius 3 is 2.73 bits per heavy atom. The van der Waals surface area contributed by atoms with Crippen molar-refractivity contribution in [2.45, 2.75) is 45.4 Å². The van der Waals surface area contributed by atoms with E-state index in [4.69, 9.17) is 0 Å². The van der Waals surface area contributed by atoms with Crippen LogP contribution in [0.5, 0.6) is 0 Å². The van der Waals surface area contributed by atoms with Gasteiger partial charge in [-0.2, -0.15) is 0 Å². The summed E-state index contributed by atoms with van der Waals surface area (Å²) in [6.07, 6.45) is 10.2. The Kier molecular flexibility index (Phi) is 5.08. The standard InChI is InChI=1S/C12H19NO2/c1-2-3-4-5-6-7-8-10-9-11(14)13-12(10)15/h7-8,10H,2-6,9H2,1H3,(H,13,14,15)/b8-7+. The molecule has 1 rings (SSSR count). The van der Waals surface area contributed by atoms with Gasteiger partial charge in [0.2, 0.25) is 11.8 Å². The summed E-state index contributed by atoms with van der Waals surface area (Å²) in [6.45, 7) is 2.18. The van der Waals surface area contributed by atoms with Crippen LogP contribution in [0.2, 0.25) is 0 Å². The van der Waals surface area contributed by atoms with Crippen LogP contribution >= 0.6 is 0 Å². The minimum Gasteiger partial charge on any atom is -0.296 e. The third-order valence-corrected chi connectivity index (χ3v) is 2.60. The number of carbonyl (C=O) groups excluding carboxylic acids is 2. The number of hydrogen-bond donors (Lipinski definition) is 1. The first-order valence-corrected chi connectivity index (χ1v) is 5.74. The quantitative estimate of drug-likeness (QED) is 0.414. The minimum absolute atomic E-state index is 0.148. The lowest BCUT2D eigenvalue weighted by atomic mass is 10.1. The van der Waals surface area contributed by atoms with E-state index in [2.05, 4.69) is 12.2 Å². The van der Waals surface area contributed by atoms with Gasteiger partial charge in [-0.1, -0.05) is 38.3 Å². The van der Waals surface area contributed by atoms with Crippen molar-refractivity contribution < 1.29 is 9.59 Å². The maximum absolute atomic E-state index is 11.2. The molecule has 0 spiro atoms. The molecule has 1 heterocycles. The topological polar surface area (TPSA) is 46.2 Å². The first-order chi connectivity index (χ1) is 7.24. The van der Waals surface area contributed by atoms with Gasteiger partial charge in [-0.3, -0.25) is 14.9 Å². The molecule has 1 aliphatic heterocycles. The molecule has 1 unspecified atom stereocenters. The third-order valence-electron chi connectivity index (χ3n) is 2.60. The normalized spacial score (nSPS) is 21.3. The summed E-state index contributed by atoms with van der Waals surface area (Å²) in [5.41, 5.74) is 0. The summed E-state index contributed by atoms with van der Waals surface area (Å²) < 4.78 is 0. The lowest BCUT2D eigenvalue weighted by Gasteiger charge is -1.97. The summed E-state index contributed by atoms with van der Waals surface area (Å²) in [7, 11) is 0. The van der Waals surface area contributed by atoms with Gasteiger partial charge in [0.1, 0.15) is 0 Å². The second-order valence-corrected chi connectivity index (χ2v) is 4.00. The first-order valence-electron chi connectivity index (χ1n) is 5.74. The Morgan fingerprint density at radius 1 is 1.33 bits per heavy atom. The van der Waals surface area contributed by atoms with Crippen molar-refractivity contribution >= 4 is 11.8 Å². The van der Waals surface area contributed by atoms with Crippen molar-refractivity contribution in [2.75, 3.05) is 0 Å². The van der Waals surface area contributed by atoms with Gasteiger partial charge < -0.3 is 0 Å². The van der Waals surface area contributed by atoms with E-state index in [-0.39, 0.29) is 17.7 Å². The van der Waals surface area contributed by atoms with Crippen LogP contribution < -0.4 is 5.32 Å².